The van der Waals surface area contributed by atoms with Gasteiger partial charge in [-0.25, -0.2) is 14.6 Å². The molecule has 13 heteroatoms. The van der Waals surface area contributed by atoms with Crippen molar-refractivity contribution in [3.05, 3.63) is 65.5 Å². The zero-order chi connectivity index (χ0) is 38.4. The van der Waals surface area contributed by atoms with Crippen LogP contribution in [0.1, 0.15) is 77.8 Å². The summed E-state index contributed by atoms with van der Waals surface area (Å²) < 4.78 is 4.77. The van der Waals surface area contributed by atoms with Gasteiger partial charge >= 0.3 is 12.1 Å². The minimum absolute atomic E-state index is 0.00953. The third-order valence-electron chi connectivity index (χ3n) is 9.91. The number of aryl methyl sites for hydroxylation is 1. The van der Waals surface area contributed by atoms with E-state index in [2.05, 4.69) is 34.9 Å². The molecule has 2 heterocycles. The number of amides is 5. The van der Waals surface area contributed by atoms with Gasteiger partial charge in [-0.15, -0.1) is 0 Å². The molecule has 2 aromatic rings. The van der Waals surface area contributed by atoms with Crippen molar-refractivity contribution in [1.82, 2.24) is 35.9 Å². The highest BCUT2D eigenvalue weighted by atomic mass is 16.5. The summed E-state index contributed by atoms with van der Waals surface area (Å²) in [5.41, 5.74) is 5.51. The summed E-state index contributed by atoms with van der Waals surface area (Å²) in [6.45, 7) is 15.5. The van der Waals surface area contributed by atoms with Gasteiger partial charge in [0.25, 0.3) is 5.91 Å². The molecule has 0 aliphatic carbocycles. The molecule has 0 spiro atoms. The van der Waals surface area contributed by atoms with E-state index in [1.54, 1.807) is 14.8 Å². The molecular formula is C39H61N7O6. The first-order valence-electron chi connectivity index (χ1n) is 18.7. The Balaban J connectivity index is 1.85. The van der Waals surface area contributed by atoms with Crippen molar-refractivity contribution in [2.75, 3.05) is 33.3 Å². The maximum atomic E-state index is 14.3. The Bertz CT molecular complexity index is 1440. The van der Waals surface area contributed by atoms with Crippen LogP contribution in [0.15, 0.2) is 48.5 Å². The Labute approximate surface area is 309 Å². The normalized spacial score (nSPS) is 16.6. The van der Waals surface area contributed by atoms with Gasteiger partial charge in [-0.1, -0.05) is 90.8 Å². The third-order valence-corrected chi connectivity index (χ3v) is 9.91. The molecule has 13 nitrogen and oxygen atoms in total. The summed E-state index contributed by atoms with van der Waals surface area (Å²) in [6.07, 6.45) is 0.539. The quantitative estimate of drug-likeness (QED) is 0.148. The maximum absolute atomic E-state index is 14.3. The number of hydrogen-bond acceptors (Lipinski definition) is 8. The van der Waals surface area contributed by atoms with Gasteiger partial charge in [0.15, 0.2) is 0 Å². The van der Waals surface area contributed by atoms with E-state index >= 15 is 0 Å². The van der Waals surface area contributed by atoms with Crippen LogP contribution in [0, 0.1) is 24.7 Å². The number of hydrogen-bond donors (Lipinski definition) is 4. The summed E-state index contributed by atoms with van der Waals surface area (Å²) in [6, 6.07) is 12.7. The number of benzene rings is 1. The SMILES string of the molecule is CCC(C)C(NC(=O)OC)C(=O)NN(CCC(C)C)CC(O)C(Cc1ccccc1)NC(=O)C(C(C)CC)N1CCN(Cc2cccc(C)n2)C1=O. The van der Waals surface area contributed by atoms with Crippen LogP contribution in [-0.4, -0.2) is 106 Å². The summed E-state index contributed by atoms with van der Waals surface area (Å²) in [4.78, 5) is 61.7. The van der Waals surface area contributed by atoms with Crippen molar-refractivity contribution in [3.63, 3.8) is 0 Å². The number of aromatic nitrogens is 1. The second-order valence-corrected chi connectivity index (χ2v) is 14.5. The largest absolute Gasteiger partial charge is 0.453 e. The number of ether oxygens (including phenoxy) is 1. The van der Waals surface area contributed by atoms with E-state index in [0.29, 0.717) is 51.4 Å². The summed E-state index contributed by atoms with van der Waals surface area (Å²) in [5.74, 6) is -0.789. The highest BCUT2D eigenvalue weighted by Crippen LogP contribution is 2.23. The molecule has 1 aliphatic heterocycles. The monoisotopic (exact) mass is 723 g/mol. The van der Waals surface area contributed by atoms with Crippen LogP contribution in [0.3, 0.4) is 0 Å². The van der Waals surface area contributed by atoms with E-state index in [4.69, 9.17) is 4.74 Å². The van der Waals surface area contributed by atoms with Crippen LogP contribution in [-0.2, 0) is 27.3 Å². The fourth-order valence-electron chi connectivity index (χ4n) is 6.31. The lowest BCUT2D eigenvalue weighted by Crippen LogP contribution is -2.60. The zero-order valence-corrected chi connectivity index (χ0v) is 32.3. The first kappa shape index (κ1) is 42.2. The molecule has 1 aliphatic rings. The number of urea groups is 1. The Morgan fingerprint density at radius 3 is 2.25 bits per heavy atom. The minimum Gasteiger partial charge on any atom is -0.453 e. The van der Waals surface area contributed by atoms with Crippen molar-refractivity contribution >= 4 is 23.9 Å². The van der Waals surface area contributed by atoms with Crippen molar-refractivity contribution in [3.8, 4) is 0 Å². The molecule has 4 N–H and O–H groups in total. The van der Waals surface area contributed by atoms with Crippen molar-refractivity contribution in [2.24, 2.45) is 17.8 Å². The van der Waals surface area contributed by atoms with Crippen molar-refractivity contribution in [2.45, 2.75) is 105 Å². The molecule has 3 rings (SSSR count). The lowest BCUT2D eigenvalue weighted by molar-refractivity contribution is -0.131. The predicted molar refractivity (Wildman–Crippen MR) is 201 cm³/mol. The van der Waals surface area contributed by atoms with Crippen LogP contribution >= 0.6 is 0 Å². The first-order valence-corrected chi connectivity index (χ1v) is 18.7. The van der Waals surface area contributed by atoms with Crippen LogP contribution in [0.2, 0.25) is 0 Å². The maximum Gasteiger partial charge on any atom is 0.407 e. The van der Waals surface area contributed by atoms with Crippen molar-refractivity contribution < 1.29 is 29.0 Å². The number of alkyl carbamates (subject to hydrolysis) is 1. The fourth-order valence-corrected chi connectivity index (χ4v) is 6.31. The molecule has 6 atom stereocenters. The van der Waals surface area contributed by atoms with Crippen LogP contribution < -0.4 is 16.1 Å². The molecule has 5 amide bonds. The molecule has 0 bridgehead atoms. The Morgan fingerprint density at radius 1 is 0.942 bits per heavy atom. The summed E-state index contributed by atoms with van der Waals surface area (Å²) in [7, 11) is 1.25. The highest BCUT2D eigenvalue weighted by Gasteiger charge is 2.41. The smallest absolute Gasteiger partial charge is 0.407 e. The molecule has 1 aromatic carbocycles. The lowest BCUT2D eigenvalue weighted by Gasteiger charge is -2.35. The highest BCUT2D eigenvalue weighted by molar-refractivity contribution is 5.88. The average molecular weight is 724 g/mol. The van der Waals surface area contributed by atoms with Gasteiger partial charge in [-0.2, -0.15) is 0 Å². The zero-order valence-electron chi connectivity index (χ0n) is 32.3. The van der Waals surface area contributed by atoms with Gasteiger partial charge in [0.05, 0.1) is 31.5 Å². The number of nitrogens with zero attached hydrogens (tertiary/aromatic N) is 4. The number of aliphatic hydroxyl groups is 1. The lowest BCUT2D eigenvalue weighted by atomic mass is 9.95. The van der Waals surface area contributed by atoms with Gasteiger partial charge in [0, 0.05) is 31.9 Å². The van der Waals surface area contributed by atoms with E-state index in [-0.39, 0.29) is 30.3 Å². The minimum atomic E-state index is -1.11. The van der Waals surface area contributed by atoms with Crippen molar-refractivity contribution in [1.29, 1.82) is 0 Å². The third kappa shape index (κ3) is 12.5. The Kier molecular flexibility index (Phi) is 16.8. The van der Waals surface area contributed by atoms with Gasteiger partial charge in [-0.3, -0.25) is 20.0 Å². The van der Waals surface area contributed by atoms with Gasteiger partial charge in [0.1, 0.15) is 12.1 Å². The number of carbonyl (C=O) groups excluding carboxylic acids is 4. The molecule has 1 saturated heterocycles. The number of methoxy groups -OCH3 is 1. The molecule has 1 aromatic heterocycles. The Morgan fingerprint density at radius 2 is 1.63 bits per heavy atom. The molecule has 52 heavy (non-hydrogen) atoms. The van der Waals surface area contributed by atoms with E-state index in [0.717, 1.165) is 23.4 Å². The van der Waals surface area contributed by atoms with Crippen LogP contribution in [0.4, 0.5) is 9.59 Å². The topological polar surface area (TPSA) is 156 Å². The Hall–Kier alpha value is -4.23. The van der Waals surface area contributed by atoms with Gasteiger partial charge < -0.3 is 30.3 Å². The molecule has 1 fully saturated rings. The number of pyridine rings is 1. The second kappa shape index (κ2) is 20.7. The van der Waals surface area contributed by atoms with E-state index in [1.165, 1.54) is 7.11 Å². The number of carbonyl (C=O) groups is 4. The molecule has 0 radical (unpaired) electrons. The van der Waals surface area contributed by atoms with Gasteiger partial charge in [0.2, 0.25) is 5.91 Å². The van der Waals surface area contributed by atoms with E-state index in [9.17, 15) is 24.3 Å². The van der Waals surface area contributed by atoms with Crippen LogP contribution in [0.25, 0.3) is 0 Å². The fraction of sp³-hybridized carbons (Fsp3) is 0.615. The molecule has 288 valence electrons. The number of rotatable bonds is 20. The molecule has 0 saturated carbocycles. The standard InChI is InChI=1S/C39H61N7O6/c1-9-27(5)34(42-38(50)52-8)36(48)43-45(20-19-26(3)4)25-33(47)32(23-30-16-12-11-13-17-30)41-37(49)35(28(6)10-2)46-22-21-44(39(46)51)24-31-18-14-15-29(7)40-31/h11-18,26-28,32-35,47H,9-10,19-25H2,1-8H3,(H,41,49)(H,42,50)(H,43,48). The average Bonchev–Trinajstić information content (AvgIpc) is 3.47. The van der Waals surface area contributed by atoms with E-state index < -0.39 is 36.2 Å². The summed E-state index contributed by atoms with van der Waals surface area (Å²) in [5, 5.41) is 19.3. The molecule has 6 unspecified atom stereocenters. The van der Waals surface area contributed by atoms with Gasteiger partial charge in [-0.05, 0) is 55.2 Å². The predicted octanol–water partition coefficient (Wildman–Crippen LogP) is 4.28. The first-order chi connectivity index (χ1) is 24.8. The second-order valence-electron chi connectivity index (χ2n) is 14.5. The number of nitrogens with one attached hydrogen (secondary N) is 3. The van der Waals surface area contributed by atoms with Crippen LogP contribution in [0.5, 0.6) is 0 Å². The molecular weight excluding hydrogens is 662 g/mol. The number of aliphatic hydroxyl groups excluding tert-OH is 1. The van der Waals surface area contributed by atoms with E-state index in [1.807, 2.05) is 83.1 Å². The summed E-state index contributed by atoms with van der Waals surface area (Å²) >= 11 is 0. The number of hydrazine groups is 1.